The molecule has 5 nitrogen and oxygen atoms in total. The second-order valence-corrected chi connectivity index (χ2v) is 6.22. The molecule has 0 fully saturated rings. The Bertz CT molecular complexity index is 820. The van der Waals surface area contributed by atoms with Crippen molar-refractivity contribution in [3.63, 3.8) is 0 Å². The van der Waals surface area contributed by atoms with Gasteiger partial charge in [-0.3, -0.25) is 0 Å². The van der Waals surface area contributed by atoms with Gasteiger partial charge in [0.1, 0.15) is 22.9 Å². The molecule has 0 N–H and O–H groups in total. The quantitative estimate of drug-likeness (QED) is 0.653. The van der Waals surface area contributed by atoms with Crippen molar-refractivity contribution in [2.45, 2.75) is 20.5 Å². The van der Waals surface area contributed by atoms with Gasteiger partial charge in [0.25, 0.3) is 0 Å². The number of aromatic nitrogens is 2. The summed E-state index contributed by atoms with van der Waals surface area (Å²) in [6.45, 7) is 3.49. The number of ether oxygens (including phenoxy) is 1. The molecule has 0 saturated heterocycles. The predicted molar refractivity (Wildman–Crippen MR) is 87.7 cm³/mol. The van der Waals surface area contributed by atoms with Gasteiger partial charge in [-0.1, -0.05) is 28.9 Å². The van der Waals surface area contributed by atoms with E-state index in [1.165, 1.54) is 11.3 Å². The Hall–Kier alpha value is -2.18. The van der Waals surface area contributed by atoms with Gasteiger partial charge >= 0.3 is 5.97 Å². The van der Waals surface area contributed by atoms with Crippen molar-refractivity contribution in [2.24, 2.45) is 0 Å². The Balaban J connectivity index is 1.68. The zero-order chi connectivity index (χ0) is 16.4. The van der Waals surface area contributed by atoms with Crippen LogP contribution >= 0.6 is 22.9 Å². The average Bonchev–Trinajstić information content (AvgIpc) is 3.13. The Morgan fingerprint density at radius 3 is 2.70 bits per heavy atom. The van der Waals surface area contributed by atoms with Crippen LogP contribution in [0.4, 0.5) is 0 Å². The summed E-state index contributed by atoms with van der Waals surface area (Å²) in [5, 5.41) is 7.14. The molecular weight excluding hydrogens is 336 g/mol. The lowest BCUT2D eigenvalue weighted by molar-refractivity contribution is 0.0466. The van der Waals surface area contributed by atoms with Crippen molar-refractivity contribution < 1.29 is 14.1 Å². The Morgan fingerprint density at radius 1 is 1.30 bits per heavy atom. The van der Waals surface area contributed by atoms with E-state index in [9.17, 15) is 4.79 Å². The largest absolute Gasteiger partial charge is 0.455 e. The lowest BCUT2D eigenvalue weighted by Gasteiger charge is -2.02. The molecule has 0 atom stereocenters. The molecule has 0 aliphatic rings. The Morgan fingerprint density at radius 2 is 2.04 bits per heavy atom. The van der Waals surface area contributed by atoms with Gasteiger partial charge < -0.3 is 9.26 Å². The number of carbonyl (C=O) groups excluding carboxylic acids is 1. The first-order valence-electron chi connectivity index (χ1n) is 6.85. The monoisotopic (exact) mass is 348 g/mol. The summed E-state index contributed by atoms with van der Waals surface area (Å²) in [5.41, 5.74) is 2.56. The molecule has 0 radical (unpaired) electrons. The lowest BCUT2D eigenvalue weighted by Crippen LogP contribution is -2.07. The van der Waals surface area contributed by atoms with Crippen LogP contribution in [-0.4, -0.2) is 16.1 Å². The molecule has 0 unspecified atom stereocenters. The zero-order valence-corrected chi connectivity index (χ0v) is 14.1. The molecule has 0 aliphatic carbocycles. The fraction of sp³-hybridized carbons (Fsp3) is 0.188. The fourth-order valence-electron chi connectivity index (χ4n) is 2.08. The number of benzene rings is 1. The first-order valence-corrected chi connectivity index (χ1v) is 8.10. The van der Waals surface area contributed by atoms with Gasteiger partial charge in [0.05, 0.1) is 11.4 Å². The highest BCUT2D eigenvalue weighted by atomic mass is 35.5. The summed E-state index contributed by atoms with van der Waals surface area (Å²) in [7, 11) is 0. The summed E-state index contributed by atoms with van der Waals surface area (Å²) in [4.78, 5) is 16.5. The van der Waals surface area contributed by atoms with Gasteiger partial charge in [-0.05, 0) is 26.0 Å². The molecule has 1 aromatic carbocycles. The van der Waals surface area contributed by atoms with E-state index in [0.717, 1.165) is 10.6 Å². The van der Waals surface area contributed by atoms with Crippen molar-refractivity contribution >= 4 is 28.9 Å². The maximum absolute atomic E-state index is 12.1. The number of halogens is 1. The number of rotatable bonds is 4. The van der Waals surface area contributed by atoms with Crippen molar-refractivity contribution in [3.05, 3.63) is 57.4 Å². The summed E-state index contributed by atoms with van der Waals surface area (Å²) in [5.74, 6) is -0.00470. The fourth-order valence-corrected chi connectivity index (χ4v) is 3.02. The third-order valence-electron chi connectivity index (χ3n) is 3.23. The molecule has 0 bridgehead atoms. The van der Waals surface area contributed by atoms with Crippen molar-refractivity contribution in [1.29, 1.82) is 0 Å². The minimum atomic E-state index is -0.456. The Kier molecular flexibility index (Phi) is 4.45. The molecule has 23 heavy (non-hydrogen) atoms. The SMILES string of the molecule is Cc1noc(C)c1C(=O)OCc1csc(-c2ccc(Cl)cc2)n1. The van der Waals surface area contributed by atoms with Crippen molar-refractivity contribution in [3.8, 4) is 10.6 Å². The van der Waals surface area contributed by atoms with Crippen LogP contribution in [0, 0.1) is 13.8 Å². The van der Waals surface area contributed by atoms with E-state index in [4.69, 9.17) is 20.9 Å². The molecule has 0 amide bonds. The smallest absolute Gasteiger partial charge is 0.344 e. The molecule has 0 aliphatic heterocycles. The molecule has 3 aromatic rings. The number of thiazole rings is 1. The lowest BCUT2D eigenvalue weighted by atomic mass is 10.2. The van der Waals surface area contributed by atoms with Gasteiger partial charge in [0.15, 0.2) is 0 Å². The number of carbonyl (C=O) groups is 1. The number of aryl methyl sites for hydroxylation is 2. The first kappa shape index (κ1) is 15.7. The summed E-state index contributed by atoms with van der Waals surface area (Å²) in [6.07, 6.45) is 0. The van der Waals surface area contributed by atoms with E-state index >= 15 is 0 Å². The van der Waals surface area contributed by atoms with Crippen molar-refractivity contribution in [2.75, 3.05) is 0 Å². The molecule has 7 heteroatoms. The second kappa shape index (κ2) is 6.52. The van der Waals surface area contributed by atoms with Crippen LogP contribution in [0.2, 0.25) is 5.02 Å². The highest BCUT2D eigenvalue weighted by Crippen LogP contribution is 2.25. The van der Waals surface area contributed by atoms with E-state index in [1.54, 1.807) is 13.8 Å². The maximum Gasteiger partial charge on any atom is 0.344 e. The van der Waals surface area contributed by atoms with Crippen LogP contribution in [0.3, 0.4) is 0 Å². The molecule has 2 heterocycles. The van der Waals surface area contributed by atoms with E-state index in [0.29, 0.717) is 27.7 Å². The van der Waals surface area contributed by atoms with E-state index < -0.39 is 5.97 Å². The first-order chi connectivity index (χ1) is 11.0. The average molecular weight is 349 g/mol. The molecule has 3 rings (SSSR count). The summed E-state index contributed by atoms with van der Waals surface area (Å²) < 4.78 is 10.3. The standard InChI is InChI=1S/C16H13ClN2O3S/c1-9-14(10(2)22-19-9)16(20)21-7-13-8-23-15(18-13)11-3-5-12(17)6-4-11/h3-6,8H,7H2,1-2H3. The third kappa shape index (κ3) is 3.43. The van der Waals surface area contributed by atoms with Crippen LogP contribution in [0.25, 0.3) is 10.6 Å². The van der Waals surface area contributed by atoms with E-state index in [2.05, 4.69) is 10.1 Å². The molecular formula is C16H13ClN2O3S. The second-order valence-electron chi connectivity index (χ2n) is 4.93. The minimum absolute atomic E-state index is 0.104. The van der Waals surface area contributed by atoms with Gasteiger partial charge in [0, 0.05) is 16.0 Å². The number of esters is 1. The van der Waals surface area contributed by atoms with Gasteiger partial charge in [-0.25, -0.2) is 9.78 Å². The predicted octanol–water partition coefficient (Wildman–Crippen LogP) is 4.43. The molecule has 2 aromatic heterocycles. The summed E-state index contributed by atoms with van der Waals surface area (Å²) in [6, 6.07) is 7.44. The van der Waals surface area contributed by atoms with Crippen molar-refractivity contribution in [1.82, 2.24) is 10.1 Å². The normalized spacial score (nSPS) is 10.7. The van der Waals surface area contributed by atoms with Crippen LogP contribution < -0.4 is 0 Å². The third-order valence-corrected chi connectivity index (χ3v) is 4.42. The zero-order valence-electron chi connectivity index (χ0n) is 12.5. The maximum atomic E-state index is 12.1. The summed E-state index contributed by atoms with van der Waals surface area (Å²) >= 11 is 7.36. The van der Waals surface area contributed by atoms with Crippen LogP contribution in [0.1, 0.15) is 27.5 Å². The molecule has 118 valence electrons. The molecule has 0 saturated carbocycles. The highest BCUT2D eigenvalue weighted by Gasteiger charge is 2.19. The number of hydrogen-bond acceptors (Lipinski definition) is 6. The number of nitrogens with zero attached hydrogens (tertiary/aromatic N) is 2. The minimum Gasteiger partial charge on any atom is -0.455 e. The highest BCUT2D eigenvalue weighted by molar-refractivity contribution is 7.13. The van der Waals surface area contributed by atoms with E-state index in [-0.39, 0.29) is 6.61 Å². The molecule has 0 spiro atoms. The van der Waals surface area contributed by atoms with Crippen LogP contribution in [0.5, 0.6) is 0 Å². The van der Waals surface area contributed by atoms with E-state index in [1.807, 2.05) is 29.6 Å². The van der Waals surface area contributed by atoms with Crippen LogP contribution in [-0.2, 0) is 11.3 Å². The topological polar surface area (TPSA) is 65.2 Å². The van der Waals surface area contributed by atoms with Gasteiger partial charge in [-0.15, -0.1) is 11.3 Å². The number of hydrogen-bond donors (Lipinski definition) is 0. The van der Waals surface area contributed by atoms with Gasteiger partial charge in [-0.2, -0.15) is 0 Å². The Labute approximate surface area is 141 Å². The van der Waals surface area contributed by atoms with Gasteiger partial charge in [0.2, 0.25) is 0 Å². The van der Waals surface area contributed by atoms with Crippen LogP contribution in [0.15, 0.2) is 34.2 Å².